The maximum absolute atomic E-state index is 11.8. The Morgan fingerprint density at radius 3 is 2.50 bits per heavy atom. The van der Waals surface area contributed by atoms with E-state index < -0.39 is 5.97 Å². The fourth-order valence-corrected chi connectivity index (χ4v) is 2.36. The Labute approximate surface area is 109 Å². The number of hydrogen-bond acceptors (Lipinski definition) is 2. The molecule has 1 saturated carbocycles. The van der Waals surface area contributed by atoms with E-state index in [0.717, 1.165) is 19.3 Å². The number of rotatable bonds is 6. The number of hydrogen-bond donors (Lipinski definition) is 2. The summed E-state index contributed by atoms with van der Waals surface area (Å²) in [6.07, 6.45) is 7.41. The molecular formula is C13H24N2O3. The molecule has 0 spiro atoms. The second-order valence-corrected chi connectivity index (χ2v) is 4.99. The zero-order valence-electron chi connectivity index (χ0n) is 11.2. The highest BCUT2D eigenvalue weighted by Gasteiger charge is 2.21. The maximum Gasteiger partial charge on any atom is 0.317 e. The van der Waals surface area contributed by atoms with Crippen molar-refractivity contribution in [3.63, 3.8) is 0 Å². The van der Waals surface area contributed by atoms with Crippen LogP contribution in [0.25, 0.3) is 0 Å². The summed E-state index contributed by atoms with van der Waals surface area (Å²) in [5, 5.41) is 11.3. The number of carboxylic acids is 1. The predicted molar refractivity (Wildman–Crippen MR) is 69.5 cm³/mol. The van der Waals surface area contributed by atoms with Gasteiger partial charge in [0.05, 0.1) is 0 Å². The van der Waals surface area contributed by atoms with Crippen LogP contribution < -0.4 is 5.32 Å². The molecule has 0 aromatic rings. The number of carboxylic acid groups (broad SMARTS) is 1. The van der Waals surface area contributed by atoms with E-state index in [1.54, 1.807) is 4.90 Å². The number of unbranched alkanes of at least 4 members (excludes halogenated alkanes) is 1. The number of carbonyl (C=O) groups is 2. The van der Waals surface area contributed by atoms with Crippen molar-refractivity contribution in [3.8, 4) is 0 Å². The molecule has 1 aliphatic rings. The monoisotopic (exact) mass is 256 g/mol. The van der Waals surface area contributed by atoms with Crippen molar-refractivity contribution in [1.82, 2.24) is 10.2 Å². The number of nitrogens with one attached hydrogen (secondary N) is 1. The van der Waals surface area contributed by atoms with Gasteiger partial charge in [-0.2, -0.15) is 0 Å². The first-order chi connectivity index (χ1) is 8.61. The van der Waals surface area contributed by atoms with Crippen LogP contribution in [0.3, 0.4) is 0 Å². The molecule has 104 valence electrons. The van der Waals surface area contributed by atoms with Gasteiger partial charge in [-0.3, -0.25) is 4.79 Å². The lowest BCUT2D eigenvalue weighted by Crippen LogP contribution is -2.44. The summed E-state index contributed by atoms with van der Waals surface area (Å²) >= 11 is 0. The molecule has 0 unspecified atom stereocenters. The van der Waals surface area contributed by atoms with Crippen LogP contribution in [0.2, 0.25) is 0 Å². The van der Waals surface area contributed by atoms with Crippen molar-refractivity contribution in [3.05, 3.63) is 0 Å². The molecule has 1 rings (SSSR count). The average molecular weight is 256 g/mol. The number of carbonyl (C=O) groups excluding carboxylic acids is 1. The topological polar surface area (TPSA) is 69.6 Å². The van der Waals surface area contributed by atoms with Gasteiger partial charge in [0.1, 0.15) is 0 Å². The lowest BCUT2D eigenvalue weighted by molar-refractivity contribution is -0.137. The highest BCUT2D eigenvalue weighted by atomic mass is 16.4. The standard InChI is InChI=1S/C13H24N2O3/c1-15(11-7-3-2-4-8-11)13(18)14-10-6-5-9-12(16)17/h11H,2-10H2,1H3,(H,14,18)(H,16,17). The van der Waals surface area contributed by atoms with Crippen LogP contribution in [0, 0.1) is 0 Å². The molecule has 2 amide bonds. The van der Waals surface area contributed by atoms with Crippen LogP contribution >= 0.6 is 0 Å². The van der Waals surface area contributed by atoms with E-state index in [0.29, 0.717) is 19.0 Å². The first-order valence-electron chi connectivity index (χ1n) is 6.83. The van der Waals surface area contributed by atoms with E-state index >= 15 is 0 Å². The van der Waals surface area contributed by atoms with Crippen LogP contribution in [-0.4, -0.2) is 41.6 Å². The SMILES string of the molecule is CN(C(=O)NCCCCC(=O)O)C1CCCCC1. The normalized spacial score (nSPS) is 16.3. The molecule has 0 radical (unpaired) electrons. The van der Waals surface area contributed by atoms with E-state index in [-0.39, 0.29) is 12.5 Å². The summed E-state index contributed by atoms with van der Waals surface area (Å²) in [6.45, 7) is 0.559. The smallest absolute Gasteiger partial charge is 0.317 e. The molecule has 2 N–H and O–H groups in total. The minimum Gasteiger partial charge on any atom is -0.481 e. The Kier molecular flexibility index (Phi) is 6.54. The molecule has 0 heterocycles. The molecule has 0 atom stereocenters. The molecule has 0 bridgehead atoms. The van der Waals surface area contributed by atoms with Gasteiger partial charge in [-0.15, -0.1) is 0 Å². The zero-order chi connectivity index (χ0) is 13.4. The van der Waals surface area contributed by atoms with Gasteiger partial charge in [0.25, 0.3) is 0 Å². The van der Waals surface area contributed by atoms with E-state index in [1.807, 2.05) is 7.05 Å². The molecule has 5 heteroatoms. The van der Waals surface area contributed by atoms with Crippen molar-refractivity contribution in [2.24, 2.45) is 0 Å². The summed E-state index contributed by atoms with van der Waals surface area (Å²) in [4.78, 5) is 24.0. The largest absolute Gasteiger partial charge is 0.481 e. The quantitative estimate of drug-likeness (QED) is 0.716. The van der Waals surface area contributed by atoms with E-state index in [1.165, 1.54) is 19.3 Å². The molecule has 5 nitrogen and oxygen atoms in total. The first-order valence-corrected chi connectivity index (χ1v) is 6.83. The van der Waals surface area contributed by atoms with Crippen molar-refractivity contribution < 1.29 is 14.7 Å². The fourth-order valence-electron chi connectivity index (χ4n) is 2.36. The summed E-state index contributed by atoms with van der Waals surface area (Å²) in [6, 6.07) is 0.343. The zero-order valence-corrected chi connectivity index (χ0v) is 11.2. The number of nitrogens with zero attached hydrogens (tertiary/aromatic N) is 1. The Morgan fingerprint density at radius 1 is 1.22 bits per heavy atom. The van der Waals surface area contributed by atoms with Gasteiger partial charge >= 0.3 is 12.0 Å². The molecule has 0 aromatic carbocycles. The number of amides is 2. The van der Waals surface area contributed by atoms with Crippen molar-refractivity contribution in [2.75, 3.05) is 13.6 Å². The summed E-state index contributed by atoms with van der Waals surface area (Å²) in [5.74, 6) is -0.777. The Hall–Kier alpha value is -1.26. The van der Waals surface area contributed by atoms with Gasteiger partial charge in [-0.1, -0.05) is 19.3 Å². The fraction of sp³-hybridized carbons (Fsp3) is 0.846. The van der Waals surface area contributed by atoms with E-state index in [2.05, 4.69) is 5.32 Å². The molecule has 0 aliphatic heterocycles. The molecule has 1 fully saturated rings. The third-order valence-corrected chi connectivity index (χ3v) is 3.54. The first kappa shape index (κ1) is 14.8. The minimum atomic E-state index is -0.777. The molecule has 1 aliphatic carbocycles. The number of aliphatic carboxylic acids is 1. The second kappa shape index (κ2) is 7.95. The van der Waals surface area contributed by atoms with Gasteiger partial charge in [0.15, 0.2) is 0 Å². The van der Waals surface area contributed by atoms with Crippen LogP contribution in [0.15, 0.2) is 0 Å². The summed E-state index contributed by atoms with van der Waals surface area (Å²) in [5.41, 5.74) is 0. The number of urea groups is 1. The van der Waals surface area contributed by atoms with Crippen LogP contribution in [0.1, 0.15) is 51.4 Å². The van der Waals surface area contributed by atoms with Crippen molar-refractivity contribution in [2.45, 2.75) is 57.4 Å². The molecular weight excluding hydrogens is 232 g/mol. The Balaban J connectivity index is 2.13. The second-order valence-electron chi connectivity index (χ2n) is 4.99. The highest BCUT2D eigenvalue weighted by molar-refractivity contribution is 5.74. The van der Waals surface area contributed by atoms with Crippen LogP contribution in [0.5, 0.6) is 0 Å². The van der Waals surface area contributed by atoms with Gasteiger partial charge in [0.2, 0.25) is 0 Å². The summed E-state index contributed by atoms with van der Waals surface area (Å²) < 4.78 is 0. The highest BCUT2D eigenvalue weighted by Crippen LogP contribution is 2.21. The third-order valence-electron chi connectivity index (χ3n) is 3.54. The van der Waals surface area contributed by atoms with Crippen LogP contribution in [0.4, 0.5) is 4.79 Å². The van der Waals surface area contributed by atoms with Crippen LogP contribution in [-0.2, 0) is 4.79 Å². The van der Waals surface area contributed by atoms with Crippen molar-refractivity contribution >= 4 is 12.0 Å². The van der Waals surface area contributed by atoms with Crippen molar-refractivity contribution in [1.29, 1.82) is 0 Å². The average Bonchev–Trinajstić information content (AvgIpc) is 2.38. The molecule has 0 aromatic heterocycles. The van der Waals surface area contributed by atoms with Gasteiger partial charge < -0.3 is 15.3 Å². The predicted octanol–water partition coefficient (Wildman–Crippen LogP) is 2.22. The molecule has 18 heavy (non-hydrogen) atoms. The minimum absolute atomic E-state index is 0.0303. The third kappa shape index (κ3) is 5.38. The lowest BCUT2D eigenvalue weighted by Gasteiger charge is -2.31. The Bertz CT molecular complexity index is 275. The maximum atomic E-state index is 11.8. The Morgan fingerprint density at radius 2 is 1.89 bits per heavy atom. The van der Waals surface area contributed by atoms with Gasteiger partial charge in [-0.05, 0) is 25.7 Å². The molecule has 0 saturated heterocycles. The van der Waals surface area contributed by atoms with E-state index in [4.69, 9.17) is 5.11 Å². The lowest BCUT2D eigenvalue weighted by atomic mass is 9.95. The van der Waals surface area contributed by atoms with Gasteiger partial charge in [-0.25, -0.2) is 4.79 Å². The summed E-state index contributed by atoms with van der Waals surface area (Å²) in [7, 11) is 1.85. The van der Waals surface area contributed by atoms with Gasteiger partial charge in [0, 0.05) is 26.1 Å². The van der Waals surface area contributed by atoms with E-state index in [9.17, 15) is 9.59 Å².